The molecule has 1 aromatic carbocycles. The fourth-order valence-corrected chi connectivity index (χ4v) is 5.98. The Bertz CT molecular complexity index is 624. The summed E-state index contributed by atoms with van der Waals surface area (Å²) < 4.78 is 0. The third kappa shape index (κ3) is 1.79. The molecule has 3 aliphatic rings. The summed E-state index contributed by atoms with van der Waals surface area (Å²) in [6, 6.07) is 3.76. The molecule has 0 heterocycles. The van der Waals surface area contributed by atoms with Crippen LogP contribution in [0.15, 0.2) is 12.1 Å². The smallest absolute Gasteiger partial charge is 0.139 e. The van der Waals surface area contributed by atoms with Gasteiger partial charge in [-0.15, -0.1) is 0 Å². The summed E-state index contributed by atoms with van der Waals surface area (Å²) in [5.74, 6) is 2.62. The number of hydrogen-bond donors (Lipinski definition) is 1. The highest BCUT2D eigenvalue weighted by atomic mass is 28.1. The first kappa shape index (κ1) is 13.6. The minimum Gasteiger partial charge on any atom is -0.508 e. The molecule has 0 amide bonds. The van der Waals surface area contributed by atoms with E-state index in [1.807, 2.05) is 12.1 Å². The number of carbonyl (C=O) groups is 1. The molecule has 21 heavy (non-hydrogen) atoms. The van der Waals surface area contributed by atoms with E-state index in [1.165, 1.54) is 17.5 Å². The highest BCUT2D eigenvalue weighted by Gasteiger charge is 2.54. The van der Waals surface area contributed by atoms with E-state index in [4.69, 9.17) is 0 Å². The van der Waals surface area contributed by atoms with Crippen molar-refractivity contribution in [3.05, 3.63) is 23.3 Å². The van der Waals surface area contributed by atoms with Gasteiger partial charge in [-0.25, -0.2) is 0 Å². The number of benzene rings is 1. The molecule has 0 spiro atoms. The normalized spacial score (nSPS) is 37.8. The van der Waals surface area contributed by atoms with Crippen LogP contribution in [0.4, 0.5) is 0 Å². The molecule has 1 aromatic rings. The van der Waals surface area contributed by atoms with Gasteiger partial charge in [-0.1, -0.05) is 12.1 Å². The van der Waals surface area contributed by atoms with Crippen molar-refractivity contribution >= 4 is 21.2 Å². The summed E-state index contributed by atoms with van der Waals surface area (Å²) in [6.45, 7) is 2.21. The first-order valence-corrected chi connectivity index (χ1v) is 8.61. The summed E-state index contributed by atoms with van der Waals surface area (Å²) >= 11 is 0. The van der Waals surface area contributed by atoms with Gasteiger partial charge in [0, 0.05) is 11.8 Å². The number of fused-ring (bicyclic) bond motifs is 5. The molecule has 2 fully saturated rings. The van der Waals surface area contributed by atoms with Gasteiger partial charge in [0.15, 0.2) is 0 Å². The molecule has 0 bridgehead atoms. The molecule has 0 saturated heterocycles. The molecule has 4 rings (SSSR count). The number of aryl methyl sites for hydroxylation is 1. The van der Waals surface area contributed by atoms with Gasteiger partial charge >= 0.3 is 0 Å². The van der Waals surface area contributed by atoms with Crippen LogP contribution in [0, 0.1) is 17.3 Å². The van der Waals surface area contributed by atoms with Crippen LogP contribution in [0.5, 0.6) is 5.75 Å². The number of phenolic OH excluding ortho intramolecular Hbond substituents is 1. The lowest BCUT2D eigenvalue weighted by Crippen LogP contribution is -2.43. The monoisotopic (exact) mass is 297 g/mol. The minimum absolute atomic E-state index is 0.0541. The van der Waals surface area contributed by atoms with Gasteiger partial charge in [-0.2, -0.15) is 0 Å². The van der Waals surface area contributed by atoms with Crippen LogP contribution in [-0.4, -0.2) is 21.1 Å². The highest BCUT2D eigenvalue weighted by Crippen LogP contribution is 2.59. The molecule has 109 valence electrons. The van der Waals surface area contributed by atoms with E-state index in [-0.39, 0.29) is 5.41 Å². The number of phenols is 1. The summed E-state index contributed by atoms with van der Waals surface area (Å²) in [6.07, 6.45) is 6.21. The molecular weight excluding hydrogens is 276 g/mol. The summed E-state index contributed by atoms with van der Waals surface area (Å²) in [5, 5.41) is 10.9. The van der Waals surface area contributed by atoms with Gasteiger partial charge in [0.2, 0.25) is 0 Å². The van der Waals surface area contributed by atoms with E-state index < -0.39 is 0 Å². The maximum Gasteiger partial charge on any atom is 0.139 e. The van der Waals surface area contributed by atoms with Gasteiger partial charge in [-0.05, 0) is 73.1 Å². The van der Waals surface area contributed by atoms with E-state index in [1.54, 1.807) is 0 Å². The second-order valence-electron chi connectivity index (χ2n) is 7.40. The van der Waals surface area contributed by atoms with E-state index in [0.717, 1.165) is 37.3 Å². The van der Waals surface area contributed by atoms with Gasteiger partial charge < -0.3 is 5.11 Å². The molecular formula is C18H21O2Si. The lowest BCUT2D eigenvalue weighted by Gasteiger charge is -2.48. The Morgan fingerprint density at radius 2 is 2.05 bits per heavy atom. The molecule has 2 nitrogen and oxygen atoms in total. The number of carbonyl (C=O) groups excluding carboxylic acids is 1. The van der Waals surface area contributed by atoms with Crippen molar-refractivity contribution in [1.29, 1.82) is 0 Å². The molecule has 3 aliphatic carbocycles. The summed E-state index contributed by atoms with van der Waals surface area (Å²) in [5.41, 5.74) is 2.65. The largest absolute Gasteiger partial charge is 0.508 e. The van der Waals surface area contributed by atoms with Crippen molar-refractivity contribution in [1.82, 2.24) is 0 Å². The second kappa shape index (κ2) is 4.45. The number of rotatable bonds is 0. The van der Waals surface area contributed by atoms with Gasteiger partial charge in [0.25, 0.3) is 0 Å². The van der Waals surface area contributed by atoms with Crippen molar-refractivity contribution < 1.29 is 9.90 Å². The number of ketones is 1. The zero-order valence-corrected chi connectivity index (χ0v) is 13.5. The standard InChI is InChI=1S/C18H21O2Si/c1-18-7-6-13-12(14(18)4-5-16(18)20)3-2-10-8-11(19)9-15(21)17(10)13/h8-9,12-14,19H,2-7H2,1H3/t12-,13+,14+,18+/m1/s1. The third-order valence-electron chi connectivity index (χ3n) is 6.51. The van der Waals surface area contributed by atoms with Crippen LogP contribution >= 0.6 is 0 Å². The molecule has 0 aromatic heterocycles. The summed E-state index contributed by atoms with van der Waals surface area (Å²) in [4.78, 5) is 12.3. The van der Waals surface area contributed by atoms with Crippen molar-refractivity contribution in [3.63, 3.8) is 0 Å². The molecule has 0 aliphatic heterocycles. The first-order valence-electron chi connectivity index (χ1n) is 8.11. The van der Waals surface area contributed by atoms with Crippen LogP contribution in [-0.2, 0) is 11.2 Å². The SMILES string of the molecule is C[C@]12CC[C@@H]3c4c([Si])cc(O)cc4CC[C@H]3[C@@H]1CCC2=O. The molecule has 2 saturated carbocycles. The van der Waals surface area contributed by atoms with Crippen LogP contribution < -0.4 is 5.19 Å². The van der Waals surface area contributed by atoms with E-state index in [9.17, 15) is 9.90 Å². The molecule has 0 unspecified atom stereocenters. The summed E-state index contributed by atoms with van der Waals surface area (Å²) in [7, 11) is 3.72. The Morgan fingerprint density at radius 1 is 1.24 bits per heavy atom. The Balaban J connectivity index is 1.77. The average molecular weight is 297 g/mol. The van der Waals surface area contributed by atoms with Gasteiger partial charge in [0.05, 0.1) is 10.2 Å². The van der Waals surface area contributed by atoms with Gasteiger partial charge in [0.1, 0.15) is 11.5 Å². The zero-order chi connectivity index (χ0) is 14.8. The Labute approximate surface area is 129 Å². The number of Topliss-reactive ketones (excluding diaryl/α,β-unsaturated/α-hetero) is 1. The van der Waals surface area contributed by atoms with Crippen LogP contribution in [0.25, 0.3) is 0 Å². The zero-order valence-electron chi connectivity index (χ0n) is 12.5. The van der Waals surface area contributed by atoms with Crippen LogP contribution in [0.2, 0.25) is 0 Å². The molecule has 3 radical (unpaired) electrons. The number of aromatic hydroxyl groups is 1. The number of hydrogen-bond acceptors (Lipinski definition) is 2. The Hall–Kier alpha value is -1.09. The Kier molecular flexibility index (Phi) is 2.87. The third-order valence-corrected chi connectivity index (χ3v) is 6.93. The van der Waals surface area contributed by atoms with Crippen molar-refractivity contribution in [2.24, 2.45) is 17.3 Å². The van der Waals surface area contributed by atoms with Gasteiger partial charge in [-0.3, -0.25) is 4.79 Å². The second-order valence-corrected chi connectivity index (χ2v) is 7.94. The average Bonchev–Trinajstić information content (AvgIpc) is 2.74. The fourth-order valence-electron chi connectivity index (χ4n) is 5.48. The van der Waals surface area contributed by atoms with E-state index in [2.05, 4.69) is 17.2 Å². The topological polar surface area (TPSA) is 37.3 Å². The van der Waals surface area contributed by atoms with E-state index in [0.29, 0.717) is 29.3 Å². The fraction of sp³-hybridized carbons (Fsp3) is 0.611. The Morgan fingerprint density at radius 3 is 2.86 bits per heavy atom. The predicted octanol–water partition coefficient (Wildman–Crippen LogP) is 2.61. The predicted molar refractivity (Wildman–Crippen MR) is 83.1 cm³/mol. The van der Waals surface area contributed by atoms with Crippen LogP contribution in [0.3, 0.4) is 0 Å². The van der Waals surface area contributed by atoms with E-state index >= 15 is 0 Å². The van der Waals surface area contributed by atoms with Crippen molar-refractivity contribution in [2.45, 2.75) is 51.4 Å². The van der Waals surface area contributed by atoms with Crippen LogP contribution in [0.1, 0.15) is 56.1 Å². The maximum atomic E-state index is 12.3. The van der Waals surface area contributed by atoms with Crippen molar-refractivity contribution in [3.8, 4) is 5.75 Å². The lowest BCUT2D eigenvalue weighted by atomic mass is 9.55. The lowest BCUT2D eigenvalue weighted by molar-refractivity contribution is -0.129. The highest BCUT2D eigenvalue weighted by molar-refractivity contribution is 6.33. The molecule has 1 N–H and O–H groups in total. The quantitative estimate of drug-likeness (QED) is 0.747. The maximum absolute atomic E-state index is 12.3. The first-order chi connectivity index (χ1) is 10.0. The molecule has 3 heteroatoms. The van der Waals surface area contributed by atoms with Crippen molar-refractivity contribution in [2.75, 3.05) is 0 Å². The minimum atomic E-state index is -0.0541. The molecule has 4 atom stereocenters.